The van der Waals surface area contributed by atoms with Crippen molar-refractivity contribution < 1.29 is 14.1 Å². The number of aromatic nitrogens is 1. The molecule has 2 saturated carbocycles. The van der Waals surface area contributed by atoms with Crippen LogP contribution in [0.4, 0.5) is 0 Å². The number of hydrogen-bond acceptors (Lipinski definition) is 3. The van der Waals surface area contributed by atoms with Crippen LogP contribution in [0, 0.1) is 12.8 Å². The molecular weight excluding hydrogens is 480 g/mol. The third kappa shape index (κ3) is 5.90. The van der Waals surface area contributed by atoms with E-state index in [1.807, 2.05) is 13.8 Å². The predicted octanol–water partition coefficient (Wildman–Crippen LogP) is 5.96. The van der Waals surface area contributed by atoms with Crippen LogP contribution in [0.5, 0.6) is 0 Å². The molecule has 1 aromatic heterocycles. The Bertz CT molecular complexity index is 1150. The summed E-state index contributed by atoms with van der Waals surface area (Å²) in [5.74, 6) is 1.94. The molecule has 6 heteroatoms. The van der Waals surface area contributed by atoms with Gasteiger partial charge in [-0.25, -0.2) is 0 Å². The predicted molar refractivity (Wildman–Crippen MR) is 151 cm³/mol. The number of hydrogen-bond donors (Lipinski definition) is 2. The maximum absolute atomic E-state index is 13.5. The van der Waals surface area contributed by atoms with Gasteiger partial charge in [0.25, 0.3) is 5.91 Å². The number of carbonyl (C=O) groups excluding carboxylic acids is 1. The molecule has 202 valence electrons. The van der Waals surface area contributed by atoms with Crippen LogP contribution < -0.4 is 5.32 Å². The largest absolute Gasteiger partial charge is 0.386 e. The van der Waals surface area contributed by atoms with Crippen molar-refractivity contribution in [3.8, 4) is 11.3 Å². The van der Waals surface area contributed by atoms with Crippen molar-refractivity contribution in [2.24, 2.45) is 5.92 Å². The average molecular weight is 525 g/mol. The van der Waals surface area contributed by atoms with E-state index in [1.165, 1.54) is 50.5 Å². The number of rotatable bonds is 7. The quantitative estimate of drug-likeness (QED) is 0.469. The second kappa shape index (κ2) is 10.3. The molecule has 3 aliphatic rings. The minimum absolute atomic E-state index is 0.0214. The van der Waals surface area contributed by atoms with Crippen LogP contribution in [0.2, 0.25) is 0 Å². The van der Waals surface area contributed by atoms with Crippen molar-refractivity contribution in [1.82, 2.24) is 9.88 Å². The summed E-state index contributed by atoms with van der Waals surface area (Å²) in [7, 11) is -0.744. The highest BCUT2D eigenvalue weighted by atomic mass is 32.2. The lowest BCUT2D eigenvalue weighted by molar-refractivity contribution is 0.0785. The van der Waals surface area contributed by atoms with Gasteiger partial charge < -0.3 is 15.0 Å². The number of amides is 1. The van der Waals surface area contributed by atoms with Gasteiger partial charge in [-0.15, -0.1) is 0 Å². The monoisotopic (exact) mass is 524 g/mol. The summed E-state index contributed by atoms with van der Waals surface area (Å²) < 4.78 is 14.2. The van der Waals surface area contributed by atoms with Gasteiger partial charge in [0, 0.05) is 46.3 Å². The first-order valence-corrected chi connectivity index (χ1v) is 15.8. The first-order valence-electron chi connectivity index (χ1n) is 14.3. The fourth-order valence-corrected chi connectivity index (χ4v) is 7.43. The van der Waals surface area contributed by atoms with E-state index in [-0.39, 0.29) is 17.4 Å². The van der Waals surface area contributed by atoms with Crippen LogP contribution in [0.15, 0.2) is 24.3 Å². The fraction of sp³-hybridized carbons (Fsp3) is 0.645. The molecule has 5 nitrogen and oxygen atoms in total. The normalized spacial score (nSPS) is 24.1. The third-order valence-corrected chi connectivity index (χ3v) is 10.5. The molecule has 1 aliphatic heterocycles. The second-order valence-electron chi connectivity index (χ2n) is 12.7. The Labute approximate surface area is 224 Å². The van der Waals surface area contributed by atoms with E-state index in [0.717, 1.165) is 47.5 Å². The van der Waals surface area contributed by atoms with Crippen LogP contribution in [-0.4, -0.2) is 37.3 Å². The third-order valence-electron chi connectivity index (χ3n) is 9.13. The Hall–Kier alpha value is -1.92. The van der Waals surface area contributed by atoms with Crippen molar-refractivity contribution in [3.63, 3.8) is 0 Å². The summed E-state index contributed by atoms with van der Waals surface area (Å²) in [5, 5.41) is 14.2. The Morgan fingerprint density at radius 3 is 2.38 bits per heavy atom. The number of nitrogens with one attached hydrogen (secondary N) is 1. The molecular formula is C31H44N2O3S. The van der Waals surface area contributed by atoms with Crippen molar-refractivity contribution in [2.75, 3.05) is 11.5 Å². The molecule has 1 amide bonds. The van der Waals surface area contributed by atoms with Crippen LogP contribution >= 0.6 is 0 Å². The molecule has 0 unspecified atom stereocenters. The number of aliphatic hydroxyl groups is 1. The molecule has 2 aliphatic carbocycles. The van der Waals surface area contributed by atoms with Gasteiger partial charge in [0.15, 0.2) is 0 Å². The molecule has 37 heavy (non-hydrogen) atoms. The van der Waals surface area contributed by atoms with E-state index in [0.29, 0.717) is 17.4 Å². The van der Waals surface area contributed by atoms with Crippen LogP contribution in [0.1, 0.15) is 106 Å². The highest BCUT2D eigenvalue weighted by Gasteiger charge is 2.40. The second-order valence-corrected chi connectivity index (χ2v) is 14.4. The smallest absolute Gasteiger partial charge is 0.253 e. The molecule has 1 aromatic carbocycles. The van der Waals surface area contributed by atoms with Crippen LogP contribution in [0.25, 0.3) is 11.3 Å². The van der Waals surface area contributed by atoms with E-state index >= 15 is 0 Å². The Kier molecular flexibility index (Phi) is 7.45. The zero-order chi connectivity index (χ0) is 26.4. The van der Waals surface area contributed by atoms with E-state index in [9.17, 15) is 14.1 Å². The molecule has 3 fully saturated rings. The minimum atomic E-state index is -0.937. The van der Waals surface area contributed by atoms with Gasteiger partial charge >= 0.3 is 0 Å². The van der Waals surface area contributed by atoms with Crippen molar-refractivity contribution in [1.29, 1.82) is 0 Å². The van der Waals surface area contributed by atoms with Gasteiger partial charge in [0.05, 0.1) is 11.2 Å². The molecule has 2 N–H and O–H groups in total. The molecule has 0 spiro atoms. The van der Waals surface area contributed by atoms with Gasteiger partial charge in [-0.1, -0.05) is 32.3 Å². The van der Waals surface area contributed by atoms with E-state index in [1.54, 1.807) is 0 Å². The Morgan fingerprint density at radius 2 is 1.76 bits per heavy atom. The summed E-state index contributed by atoms with van der Waals surface area (Å²) in [6.07, 6.45) is 10.3. The van der Waals surface area contributed by atoms with E-state index in [2.05, 4.69) is 48.0 Å². The topological polar surface area (TPSA) is 71.3 Å². The maximum Gasteiger partial charge on any atom is 0.253 e. The average Bonchev–Trinajstić information content (AvgIpc) is 3.54. The highest BCUT2D eigenvalue weighted by molar-refractivity contribution is 7.85. The summed E-state index contributed by atoms with van der Waals surface area (Å²) >= 11 is 0. The molecule has 0 radical (unpaired) electrons. The zero-order valence-corrected chi connectivity index (χ0v) is 23.9. The van der Waals surface area contributed by atoms with Gasteiger partial charge in [-0.3, -0.25) is 9.00 Å². The summed E-state index contributed by atoms with van der Waals surface area (Å²) in [5.41, 5.74) is 5.38. The highest BCUT2D eigenvalue weighted by Crippen LogP contribution is 2.49. The molecule has 2 aromatic rings. The minimum Gasteiger partial charge on any atom is -0.386 e. The number of carbonyl (C=O) groups is 1. The van der Waals surface area contributed by atoms with Crippen molar-refractivity contribution >= 4 is 16.7 Å². The number of nitrogens with zero attached hydrogens (tertiary/aromatic N) is 1. The van der Waals surface area contributed by atoms with Gasteiger partial charge in [0.1, 0.15) is 0 Å². The first-order chi connectivity index (χ1) is 17.5. The standard InChI is InChI=1S/C31H44N2O3S/c1-21-27(29(34)32-26-10-14-37(36)15-11-26)19-28(33(21)20-22-8-6-5-7-9-22)23-16-24(30(2,3)35)18-25(17-23)31(4)12-13-31/h16-19,22,26,35H,5-15,20H2,1-4H3,(H,32,34). The van der Waals surface area contributed by atoms with E-state index < -0.39 is 16.4 Å². The lowest BCUT2D eigenvalue weighted by atomic mass is 9.87. The Balaban J connectivity index is 1.54. The van der Waals surface area contributed by atoms with Gasteiger partial charge in [0.2, 0.25) is 0 Å². The number of benzene rings is 1. The van der Waals surface area contributed by atoms with Crippen LogP contribution in [-0.2, 0) is 28.4 Å². The fourth-order valence-electron chi connectivity index (χ4n) is 6.13. The van der Waals surface area contributed by atoms with E-state index in [4.69, 9.17) is 0 Å². The van der Waals surface area contributed by atoms with Crippen molar-refractivity contribution in [3.05, 3.63) is 46.6 Å². The zero-order valence-electron chi connectivity index (χ0n) is 23.1. The lowest BCUT2D eigenvalue weighted by Crippen LogP contribution is -2.39. The maximum atomic E-state index is 13.5. The SMILES string of the molecule is Cc1c(C(=O)NC2CCS(=O)CC2)cc(-c2cc(C(C)(C)O)cc(C3(C)CC3)c2)n1CC1CCCCC1. The summed E-state index contributed by atoms with van der Waals surface area (Å²) in [6, 6.07) is 8.77. The molecule has 1 saturated heterocycles. The lowest BCUT2D eigenvalue weighted by Gasteiger charge is -2.26. The molecule has 0 atom stereocenters. The molecule has 0 bridgehead atoms. The molecule has 5 rings (SSSR count). The molecule has 2 heterocycles. The van der Waals surface area contributed by atoms with Crippen molar-refractivity contribution in [2.45, 2.75) is 109 Å². The Morgan fingerprint density at radius 1 is 1.08 bits per heavy atom. The first kappa shape index (κ1) is 26.7. The summed E-state index contributed by atoms with van der Waals surface area (Å²) in [6.45, 7) is 9.03. The summed E-state index contributed by atoms with van der Waals surface area (Å²) in [4.78, 5) is 13.5. The van der Waals surface area contributed by atoms with Gasteiger partial charge in [-0.05, 0) is 106 Å². The van der Waals surface area contributed by atoms with Gasteiger partial charge in [-0.2, -0.15) is 0 Å². The van der Waals surface area contributed by atoms with Crippen LogP contribution in [0.3, 0.4) is 0 Å².